The monoisotopic (exact) mass is 510 g/mol. The summed E-state index contributed by atoms with van der Waals surface area (Å²) in [7, 11) is 0. The van der Waals surface area contributed by atoms with Crippen molar-refractivity contribution in [3.8, 4) is 0 Å². The number of hydrogen-bond acceptors (Lipinski definition) is 5. The second kappa shape index (κ2) is 11.9. The van der Waals surface area contributed by atoms with Gasteiger partial charge in [0.15, 0.2) is 0 Å². The lowest BCUT2D eigenvalue weighted by Crippen LogP contribution is -2.58. The van der Waals surface area contributed by atoms with Crippen LogP contribution in [0.25, 0.3) is 0 Å². The Hall–Kier alpha value is -2.57. The number of likely N-dealkylation sites (tertiary alicyclic amines) is 1. The number of aliphatic imine (C=N–C) groups is 1. The summed E-state index contributed by atoms with van der Waals surface area (Å²) < 4.78 is 5.40. The van der Waals surface area contributed by atoms with Gasteiger partial charge >= 0.3 is 0 Å². The van der Waals surface area contributed by atoms with Crippen molar-refractivity contribution in [2.75, 3.05) is 6.54 Å². The molecule has 1 heterocycles. The summed E-state index contributed by atoms with van der Waals surface area (Å²) in [4.78, 5) is 33.8. The van der Waals surface area contributed by atoms with Crippen molar-refractivity contribution in [2.24, 2.45) is 28.2 Å². The van der Waals surface area contributed by atoms with Crippen LogP contribution in [0.4, 0.5) is 0 Å². The van der Waals surface area contributed by atoms with Gasteiger partial charge in [-0.15, -0.1) is 0 Å². The normalized spacial score (nSPS) is 26.4. The van der Waals surface area contributed by atoms with Crippen LogP contribution in [0, 0.1) is 23.2 Å². The first kappa shape index (κ1) is 27.5. The number of rotatable bonds is 7. The van der Waals surface area contributed by atoms with Crippen LogP contribution >= 0.6 is 0 Å². The zero-order valence-corrected chi connectivity index (χ0v) is 22.9. The smallest absolute Gasteiger partial charge is 0.245 e. The van der Waals surface area contributed by atoms with Crippen molar-refractivity contribution in [3.05, 3.63) is 35.9 Å². The van der Waals surface area contributed by atoms with E-state index in [0.717, 1.165) is 44.2 Å². The fourth-order valence-electron chi connectivity index (χ4n) is 6.61. The van der Waals surface area contributed by atoms with Gasteiger partial charge in [-0.05, 0) is 61.3 Å². The van der Waals surface area contributed by atoms with Crippen LogP contribution in [0.1, 0.15) is 84.6 Å². The van der Waals surface area contributed by atoms with E-state index < -0.39 is 23.6 Å². The largest absolute Gasteiger partial charge is 0.596 e. The Labute approximate surface area is 222 Å². The Morgan fingerprint density at radius 2 is 1.78 bits per heavy atom. The molecule has 1 aromatic rings. The average Bonchev–Trinajstić information content (AvgIpc) is 3.47. The van der Waals surface area contributed by atoms with Gasteiger partial charge in [-0.25, -0.2) is 0 Å². The van der Waals surface area contributed by atoms with E-state index in [4.69, 9.17) is 4.74 Å². The van der Waals surface area contributed by atoms with E-state index in [1.165, 1.54) is 19.3 Å². The minimum Gasteiger partial charge on any atom is -0.596 e. The number of carbonyl (C=O) groups excluding carboxylic acids is 2. The lowest BCUT2D eigenvalue weighted by atomic mass is 9.82. The third-order valence-corrected chi connectivity index (χ3v) is 8.76. The molecule has 1 aliphatic heterocycles. The van der Waals surface area contributed by atoms with Gasteiger partial charge in [0.05, 0.1) is 0 Å². The molecule has 0 spiro atoms. The maximum absolute atomic E-state index is 13.8. The second-order valence-corrected chi connectivity index (χ2v) is 12.4. The maximum atomic E-state index is 13.8. The van der Waals surface area contributed by atoms with Gasteiger partial charge in [0.2, 0.25) is 11.8 Å². The molecule has 7 nitrogen and oxygen atoms in total. The third kappa shape index (κ3) is 6.66. The molecule has 5 atom stereocenters. The number of nitrogens with one attached hydrogen (secondary N) is 1. The molecule has 0 bridgehead atoms. The van der Waals surface area contributed by atoms with E-state index in [1.807, 2.05) is 56.0 Å². The minimum absolute atomic E-state index is 0.0169. The fraction of sp³-hybridized carbons (Fsp3) is 0.700. The van der Waals surface area contributed by atoms with Crippen molar-refractivity contribution in [1.29, 1.82) is 0 Å². The van der Waals surface area contributed by atoms with E-state index in [1.54, 1.807) is 0 Å². The highest BCUT2D eigenvalue weighted by Crippen LogP contribution is 2.42. The Kier molecular flexibility index (Phi) is 8.81. The molecule has 2 saturated carbocycles. The number of ether oxygens (including phenoxy) is 1. The lowest BCUT2D eigenvalue weighted by molar-refractivity contribution is -0.252. The Bertz CT molecular complexity index is 951. The molecular weight excluding hydrogens is 466 g/mol. The van der Waals surface area contributed by atoms with Gasteiger partial charge in [-0.3, -0.25) is 14.6 Å². The highest BCUT2D eigenvalue weighted by molar-refractivity contribution is 5.91. The molecule has 3 fully saturated rings. The number of hydrogen-bond donors (Lipinski definition) is 1. The van der Waals surface area contributed by atoms with Crippen molar-refractivity contribution in [3.63, 3.8) is 0 Å². The van der Waals surface area contributed by atoms with Crippen LogP contribution < -0.4 is 10.4 Å². The van der Waals surface area contributed by atoms with Crippen LogP contribution in [0.2, 0.25) is 0 Å². The lowest BCUT2D eigenvalue weighted by Gasteiger charge is -2.37. The van der Waals surface area contributed by atoms with Crippen LogP contribution in [0.3, 0.4) is 0 Å². The van der Waals surface area contributed by atoms with Gasteiger partial charge in [0.1, 0.15) is 18.2 Å². The van der Waals surface area contributed by atoms with Gasteiger partial charge in [0, 0.05) is 19.2 Å². The SMILES string of the molecule is C[C@@H]1[C@H]2CCC[C@H]2CN1C(=O)[C@@H](NC(=O)[C@@H](N=C([O-])OCc1ccccc1)C1CCCCC1)C(C)(C)C. The molecule has 0 aromatic heterocycles. The molecule has 37 heavy (non-hydrogen) atoms. The third-order valence-electron chi connectivity index (χ3n) is 8.76. The number of amides is 2. The van der Waals surface area contributed by atoms with Gasteiger partial charge in [-0.1, -0.05) is 76.8 Å². The minimum atomic E-state index is -0.850. The number of carbonyl (C=O) groups is 2. The quantitative estimate of drug-likeness (QED) is 0.442. The zero-order valence-electron chi connectivity index (χ0n) is 22.9. The van der Waals surface area contributed by atoms with E-state index in [0.29, 0.717) is 11.8 Å². The van der Waals surface area contributed by atoms with E-state index >= 15 is 0 Å². The Morgan fingerprint density at radius 1 is 1.08 bits per heavy atom. The van der Waals surface area contributed by atoms with E-state index in [2.05, 4.69) is 17.2 Å². The summed E-state index contributed by atoms with van der Waals surface area (Å²) in [6, 6.07) is 8.10. The summed E-state index contributed by atoms with van der Waals surface area (Å²) in [6.07, 6.45) is 7.71. The molecule has 1 saturated heterocycles. The summed E-state index contributed by atoms with van der Waals surface area (Å²) in [5.74, 6) is 0.740. The summed E-state index contributed by atoms with van der Waals surface area (Å²) in [6.45, 7) is 8.99. The molecule has 0 unspecified atom stereocenters. The van der Waals surface area contributed by atoms with E-state index in [9.17, 15) is 14.7 Å². The highest BCUT2D eigenvalue weighted by atomic mass is 16.6. The maximum Gasteiger partial charge on any atom is 0.245 e. The first-order valence-corrected chi connectivity index (χ1v) is 14.2. The molecule has 0 radical (unpaired) electrons. The van der Waals surface area contributed by atoms with Crippen molar-refractivity contribution >= 4 is 17.9 Å². The van der Waals surface area contributed by atoms with Crippen LogP contribution in [0.15, 0.2) is 35.3 Å². The number of nitrogens with zero attached hydrogens (tertiary/aromatic N) is 2. The molecule has 1 N–H and O–H groups in total. The van der Waals surface area contributed by atoms with E-state index in [-0.39, 0.29) is 30.4 Å². The Balaban J connectivity index is 1.50. The first-order chi connectivity index (χ1) is 17.6. The number of benzene rings is 1. The van der Waals surface area contributed by atoms with Gasteiger partial charge in [-0.2, -0.15) is 0 Å². The second-order valence-electron chi connectivity index (χ2n) is 12.4. The Morgan fingerprint density at radius 3 is 2.43 bits per heavy atom. The summed E-state index contributed by atoms with van der Waals surface area (Å²) in [5.41, 5.74) is 0.391. The standard InChI is InChI=1S/C30H45N3O4/c1-20-24-17-11-16-23(24)18-33(20)28(35)26(30(2,3)4)32-27(34)25(22-14-9-6-10-15-22)31-29(36)37-19-21-12-7-5-8-13-21/h5,7-8,12-13,20,22-26H,6,9-11,14-19H2,1-4H3,(H,31,36)(H,32,34)/p-1/t20-,23+,24-,25+,26-/m1/s1. The van der Waals surface area contributed by atoms with Crippen molar-refractivity contribution in [1.82, 2.24) is 10.2 Å². The average molecular weight is 511 g/mol. The molecule has 3 aliphatic rings. The molecule has 2 amide bonds. The van der Waals surface area contributed by atoms with Gasteiger partial charge < -0.3 is 20.1 Å². The summed E-state index contributed by atoms with van der Waals surface area (Å²) >= 11 is 0. The van der Waals surface area contributed by atoms with Gasteiger partial charge in [0.25, 0.3) is 0 Å². The fourth-order valence-corrected chi connectivity index (χ4v) is 6.61. The molecule has 1 aromatic carbocycles. The first-order valence-electron chi connectivity index (χ1n) is 14.2. The predicted molar refractivity (Wildman–Crippen MR) is 142 cm³/mol. The van der Waals surface area contributed by atoms with Crippen LogP contribution in [-0.4, -0.2) is 47.5 Å². The highest BCUT2D eigenvalue weighted by Gasteiger charge is 2.47. The topological polar surface area (TPSA) is 94.1 Å². The predicted octanol–water partition coefficient (Wildman–Crippen LogP) is 4.05. The molecule has 7 heteroatoms. The number of fused-ring (bicyclic) bond motifs is 1. The summed E-state index contributed by atoms with van der Waals surface area (Å²) in [5, 5.41) is 15.8. The van der Waals surface area contributed by atoms with Crippen molar-refractivity contribution < 1.29 is 19.4 Å². The van der Waals surface area contributed by atoms with Crippen LogP contribution in [-0.2, 0) is 20.9 Å². The molecule has 4 rings (SSSR count). The van der Waals surface area contributed by atoms with Crippen LogP contribution in [0.5, 0.6) is 0 Å². The molecule has 204 valence electrons. The molecule has 2 aliphatic carbocycles. The molecular formula is C30H44N3O4-. The zero-order chi connectivity index (χ0) is 26.6. The van der Waals surface area contributed by atoms with Crippen molar-refractivity contribution in [2.45, 2.75) is 104 Å².